The van der Waals surface area contributed by atoms with E-state index in [-0.39, 0.29) is 17.6 Å². The number of benzene rings is 1. The van der Waals surface area contributed by atoms with Crippen molar-refractivity contribution < 1.29 is 14.0 Å². The summed E-state index contributed by atoms with van der Waals surface area (Å²) in [7, 11) is 0. The zero-order valence-electron chi connectivity index (χ0n) is 12.4. The highest BCUT2D eigenvalue weighted by molar-refractivity contribution is 7.17. The van der Waals surface area contributed by atoms with Crippen LogP contribution < -0.4 is 10.6 Å². The predicted octanol–water partition coefficient (Wildman–Crippen LogP) is 4.18. The number of amides is 2. The second kappa shape index (κ2) is 7.33. The zero-order chi connectivity index (χ0) is 16.9. The Morgan fingerprint density at radius 1 is 1.04 bits per heavy atom. The largest absolute Gasteiger partial charge is 0.459 e. The summed E-state index contributed by atoms with van der Waals surface area (Å²) in [4.78, 5) is 24.4. The van der Waals surface area contributed by atoms with E-state index in [1.807, 2.05) is 12.1 Å². The SMILES string of the molecule is O=C(Nc1ccc(CNC(=O)c2ccc(Cl)s2)cc1)c1ccco1. The normalized spacial score (nSPS) is 10.4. The molecule has 3 rings (SSSR count). The molecule has 0 fully saturated rings. The molecule has 0 saturated heterocycles. The van der Waals surface area contributed by atoms with Crippen molar-refractivity contribution in [2.24, 2.45) is 0 Å². The first-order valence-electron chi connectivity index (χ1n) is 7.09. The first kappa shape index (κ1) is 16.3. The van der Waals surface area contributed by atoms with Gasteiger partial charge in [0.2, 0.25) is 0 Å². The second-order valence-electron chi connectivity index (χ2n) is 4.91. The average Bonchev–Trinajstić information content (AvgIpc) is 3.25. The molecule has 0 aliphatic heterocycles. The lowest BCUT2D eigenvalue weighted by Crippen LogP contribution is -2.21. The molecule has 0 bridgehead atoms. The standard InChI is InChI=1S/C17H13ClN2O3S/c18-15-8-7-14(24-15)17(22)19-10-11-3-5-12(6-4-11)20-16(21)13-2-1-9-23-13/h1-9H,10H2,(H,19,22)(H,20,21). The molecule has 0 saturated carbocycles. The van der Waals surface area contributed by atoms with E-state index < -0.39 is 0 Å². The molecule has 0 unspecified atom stereocenters. The highest BCUT2D eigenvalue weighted by atomic mass is 35.5. The maximum atomic E-state index is 11.9. The molecule has 122 valence electrons. The van der Waals surface area contributed by atoms with Gasteiger partial charge < -0.3 is 15.1 Å². The maximum absolute atomic E-state index is 11.9. The third-order valence-corrected chi connectivity index (χ3v) is 4.44. The van der Waals surface area contributed by atoms with Crippen molar-refractivity contribution in [3.05, 3.63) is 75.3 Å². The first-order chi connectivity index (χ1) is 11.6. The molecule has 24 heavy (non-hydrogen) atoms. The molecule has 7 heteroatoms. The lowest BCUT2D eigenvalue weighted by molar-refractivity contribution is 0.0953. The van der Waals surface area contributed by atoms with Gasteiger partial charge in [-0.05, 0) is 42.0 Å². The van der Waals surface area contributed by atoms with E-state index in [2.05, 4.69) is 10.6 Å². The van der Waals surface area contributed by atoms with Crippen LogP contribution in [0.4, 0.5) is 5.69 Å². The fourth-order valence-corrected chi connectivity index (χ4v) is 2.97. The summed E-state index contributed by atoms with van der Waals surface area (Å²) in [6.07, 6.45) is 1.45. The quantitative estimate of drug-likeness (QED) is 0.717. The smallest absolute Gasteiger partial charge is 0.291 e. The Labute approximate surface area is 147 Å². The molecule has 2 amide bonds. The topological polar surface area (TPSA) is 71.3 Å². The first-order valence-corrected chi connectivity index (χ1v) is 8.28. The van der Waals surface area contributed by atoms with Crippen molar-refractivity contribution in [2.75, 3.05) is 5.32 Å². The minimum atomic E-state index is -0.310. The van der Waals surface area contributed by atoms with Gasteiger partial charge in [-0.2, -0.15) is 0 Å². The van der Waals surface area contributed by atoms with Gasteiger partial charge in [0.25, 0.3) is 11.8 Å². The fraction of sp³-hybridized carbons (Fsp3) is 0.0588. The number of hydrogen-bond donors (Lipinski definition) is 2. The van der Waals surface area contributed by atoms with E-state index in [0.717, 1.165) is 5.56 Å². The van der Waals surface area contributed by atoms with Crippen LogP contribution in [0.1, 0.15) is 25.8 Å². The van der Waals surface area contributed by atoms with Crippen LogP contribution in [-0.2, 0) is 6.54 Å². The number of carbonyl (C=O) groups is 2. The van der Waals surface area contributed by atoms with Gasteiger partial charge in [-0.25, -0.2) is 0 Å². The average molecular weight is 361 g/mol. The summed E-state index contributed by atoms with van der Waals surface area (Å²) < 4.78 is 5.61. The second-order valence-corrected chi connectivity index (χ2v) is 6.63. The molecule has 0 spiro atoms. The van der Waals surface area contributed by atoms with Crippen molar-refractivity contribution in [1.82, 2.24) is 5.32 Å². The molecule has 0 aliphatic rings. The molecule has 0 radical (unpaired) electrons. The van der Waals surface area contributed by atoms with Gasteiger partial charge in [-0.15, -0.1) is 11.3 Å². The molecular formula is C17H13ClN2O3S. The summed E-state index contributed by atoms with van der Waals surface area (Å²) in [6.45, 7) is 0.390. The molecule has 0 atom stereocenters. The van der Waals surface area contributed by atoms with Crippen LogP contribution in [0.3, 0.4) is 0 Å². The third-order valence-electron chi connectivity index (χ3n) is 3.21. The number of hydrogen-bond acceptors (Lipinski definition) is 4. The summed E-state index contributed by atoms with van der Waals surface area (Å²) >= 11 is 7.05. The molecule has 0 aliphatic carbocycles. The number of furan rings is 1. The lowest BCUT2D eigenvalue weighted by atomic mass is 10.2. The number of rotatable bonds is 5. The highest BCUT2D eigenvalue weighted by Crippen LogP contribution is 2.21. The van der Waals surface area contributed by atoms with Crippen LogP contribution in [0.25, 0.3) is 0 Å². The molecule has 1 aromatic carbocycles. The van der Waals surface area contributed by atoms with Gasteiger partial charge in [0.15, 0.2) is 5.76 Å². The minimum Gasteiger partial charge on any atom is -0.459 e. The van der Waals surface area contributed by atoms with Crippen molar-refractivity contribution in [2.45, 2.75) is 6.54 Å². The van der Waals surface area contributed by atoms with Crippen LogP contribution in [-0.4, -0.2) is 11.8 Å². The third kappa shape index (κ3) is 4.04. The van der Waals surface area contributed by atoms with Crippen molar-refractivity contribution in [3.8, 4) is 0 Å². The molecule has 2 N–H and O–H groups in total. The Kier molecular flexibility index (Phi) is 4.98. The van der Waals surface area contributed by atoms with Crippen molar-refractivity contribution in [1.29, 1.82) is 0 Å². The van der Waals surface area contributed by atoms with E-state index in [9.17, 15) is 9.59 Å². The number of anilines is 1. The van der Waals surface area contributed by atoms with E-state index in [1.54, 1.807) is 36.4 Å². The molecule has 5 nitrogen and oxygen atoms in total. The Morgan fingerprint density at radius 2 is 1.83 bits per heavy atom. The number of thiophene rings is 1. The summed E-state index contributed by atoms with van der Waals surface area (Å²) in [6, 6.07) is 13.8. The fourth-order valence-electron chi connectivity index (χ4n) is 2.01. The maximum Gasteiger partial charge on any atom is 0.291 e. The van der Waals surface area contributed by atoms with Crippen LogP contribution in [0, 0.1) is 0 Å². The van der Waals surface area contributed by atoms with Gasteiger partial charge in [0.1, 0.15) is 0 Å². The van der Waals surface area contributed by atoms with Gasteiger partial charge in [0, 0.05) is 12.2 Å². The predicted molar refractivity (Wildman–Crippen MR) is 93.6 cm³/mol. The van der Waals surface area contributed by atoms with Crippen LogP contribution in [0.5, 0.6) is 0 Å². The molecule has 2 heterocycles. The molecular weight excluding hydrogens is 348 g/mol. The van der Waals surface area contributed by atoms with Crippen LogP contribution >= 0.6 is 22.9 Å². The van der Waals surface area contributed by atoms with Gasteiger partial charge in [0.05, 0.1) is 15.5 Å². The van der Waals surface area contributed by atoms with Gasteiger partial charge in [-0.1, -0.05) is 23.7 Å². The van der Waals surface area contributed by atoms with E-state index in [1.165, 1.54) is 17.6 Å². The van der Waals surface area contributed by atoms with E-state index in [0.29, 0.717) is 21.4 Å². The summed E-state index contributed by atoms with van der Waals surface area (Å²) in [5.41, 5.74) is 1.57. The lowest BCUT2D eigenvalue weighted by Gasteiger charge is -2.06. The number of carbonyl (C=O) groups excluding carboxylic acids is 2. The number of nitrogens with one attached hydrogen (secondary N) is 2. The number of halogens is 1. The van der Waals surface area contributed by atoms with Crippen LogP contribution in [0.2, 0.25) is 4.34 Å². The van der Waals surface area contributed by atoms with Crippen molar-refractivity contribution >= 4 is 40.4 Å². The van der Waals surface area contributed by atoms with E-state index in [4.69, 9.17) is 16.0 Å². The van der Waals surface area contributed by atoms with Crippen LogP contribution in [0.15, 0.2) is 59.2 Å². The molecule has 3 aromatic rings. The Hall–Kier alpha value is -2.57. The summed E-state index contributed by atoms with van der Waals surface area (Å²) in [5, 5.41) is 5.55. The van der Waals surface area contributed by atoms with Crippen molar-refractivity contribution in [3.63, 3.8) is 0 Å². The Balaban J connectivity index is 1.54. The van der Waals surface area contributed by atoms with E-state index >= 15 is 0 Å². The summed E-state index contributed by atoms with van der Waals surface area (Å²) in [5.74, 6) is -0.223. The highest BCUT2D eigenvalue weighted by Gasteiger charge is 2.10. The molecule has 2 aromatic heterocycles. The zero-order valence-corrected chi connectivity index (χ0v) is 14.0. The Morgan fingerprint density at radius 3 is 2.46 bits per heavy atom. The monoisotopic (exact) mass is 360 g/mol. The Bertz CT molecular complexity index is 841. The van der Waals surface area contributed by atoms with Gasteiger partial charge in [-0.3, -0.25) is 9.59 Å². The minimum absolute atomic E-state index is 0.165. The van der Waals surface area contributed by atoms with Gasteiger partial charge >= 0.3 is 0 Å².